The predicted molar refractivity (Wildman–Crippen MR) is 105 cm³/mol. The average molecular weight is 402 g/mol. The largest absolute Gasteiger partial charge is 0.445 e. The third kappa shape index (κ3) is 3.92. The van der Waals surface area contributed by atoms with E-state index in [1.807, 2.05) is 36.1 Å². The van der Waals surface area contributed by atoms with Gasteiger partial charge in [0.25, 0.3) is 5.91 Å². The van der Waals surface area contributed by atoms with E-state index in [4.69, 9.17) is 16.0 Å². The molecule has 27 heavy (non-hydrogen) atoms. The van der Waals surface area contributed by atoms with Crippen LogP contribution in [0.1, 0.15) is 51.3 Å². The zero-order valence-corrected chi connectivity index (χ0v) is 16.6. The minimum absolute atomic E-state index is 0.0579. The van der Waals surface area contributed by atoms with Crippen LogP contribution in [-0.2, 0) is 6.42 Å². The zero-order valence-electron chi connectivity index (χ0n) is 15.0. The van der Waals surface area contributed by atoms with Crippen molar-refractivity contribution in [3.63, 3.8) is 0 Å². The van der Waals surface area contributed by atoms with Crippen LogP contribution in [0, 0.1) is 6.92 Å². The summed E-state index contributed by atoms with van der Waals surface area (Å²) in [6.45, 7) is 3.27. The molecule has 1 atom stereocenters. The van der Waals surface area contributed by atoms with Gasteiger partial charge in [-0.3, -0.25) is 4.79 Å². The highest BCUT2D eigenvalue weighted by atomic mass is 35.5. The topological polar surface area (TPSA) is 59.2 Å². The van der Waals surface area contributed by atoms with Gasteiger partial charge in [0.15, 0.2) is 5.89 Å². The fourth-order valence-corrected chi connectivity index (χ4v) is 4.41. The van der Waals surface area contributed by atoms with E-state index >= 15 is 0 Å². The van der Waals surface area contributed by atoms with Crippen LogP contribution in [0.4, 0.5) is 0 Å². The van der Waals surface area contributed by atoms with Gasteiger partial charge >= 0.3 is 0 Å². The second-order valence-corrected chi connectivity index (χ2v) is 8.05. The molecular formula is C20H20ClN3O2S. The zero-order chi connectivity index (χ0) is 18.8. The fraction of sp³-hybridized carbons (Fsp3) is 0.350. The number of rotatable bonds is 4. The van der Waals surface area contributed by atoms with Crippen molar-refractivity contribution in [3.05, 3.63) is 68.8 Å². The molecule has 4 rings (SSSR count). The van der Waals surface area contributed by atoms with Crippen molar-refractivity contribution in [2.45, 2.75) is 32.1 Å². The highest BCUT2D eigenvalue weighted by molar-refractivity contribution is 7.11. The lowest BCUT2D eigenvalue weighted by molar-refractivity contribution is 0.0702. The first kappa shape index (κ1) is 18.2. The molecule has 0 spiro atoms. The van der Waals surface area contributed by atoms with Gasteiger partial charge in [-0.15, -0.1) is 11.3 Å². The van der Waals surface area contributed by atoms with Gasteiger partial charge in [-0.2, -0.15) is 0 Å². The first-order valence-electron chi connectivity index (χ1n) is 8.99. The molecule has 0 aliphatic carbocycles. The molecule has 7 heteroatoms. The van der Waals surface area contributed by atoms with Gasteiger partial charge in [0.05, 0.1) is 23.3 Å². The normalized spacial score (nSPS) is 17.3. The number of nitrogens with zero attached hydrogens (tertiary/aromatic N) is 3. The van der Waals surface area contributed by atoms with Crippen LogP contribution < -0.4 is 0 Å². The third-order valence-corrected chi connectivity index (χ3v) is 6.18. The van der Waals surface area contributed by atoms with Crippen LogP contribution in [0.2, 0.25) is 5.02 Å². The first-order chi connectivity index (χ1) is 13.1. The molecule has 0 N–H and O–H groups in total. The van der Waals surface area contributed by atoms with E-state index in [9.17, 15) is 4.79 Å². The summed E-state index contributed by atoms with van der Waals surface area (Å²) in [4.78, 5) is 24.1. The van der Waals surface area contributed by atoms with Crippen LogP contribution in [-0.4, -0.2) is 33.9 Å². The molecule has 1 amide bonds. The van der Waals surface area contributed by atoms with Crippen molar-refractivity contribution < 1.29 is 9.21 Å². The van der Waals surface area contributed by atoms with Crippen molar-refractivity contribution >= 4 is 28.8 Å². The van der Waals surface area contributed by atoms with Crippen LogP contribution in [0.3, 0.4) is 0 Å². The highest BCUT2D eigenvalue weighted by Crippen LogP contribution is 2.29. The fourth-order valence-electron chi connectivity index (χ4n) is 3.44. The van der Waals surface area contributed by atoms with Crippen LogP contribution in [0.15, 0.2) is 40.4 Å². The van der Waals surface area contributed by atoms with Gasteiger partial charge in [0, 0.05) is 24.5 Å². The van der Waals surface area contributed by atoms with Gasteiger partial charge in [-0.05, 0) is 31.4 Å². The number of hydrogen-bond donors (Lipinski definition) is 0. The molecule has 2 aromatic heterocycles. The number of aryl methyl sites for hydroxylation is 1. The van der Waals surface area contributed by atoms with Crippen LogP contribution in [0.5, 0.6) is 0 Å². The maximum absolute atomic E-state index is 12.8. The SMILES string of the molecule is Cc1ncsc1C(=O)N1CCCC(c2ncc(Cc3ccccc3Cl)o2)C1. The monoisotopic (exact) mass is 401 g/mol. The second-order valence-electron chi connectivity index (χ2n) is 6.79. The summed E-state index contributed by atoms with van der Waals surface area (Å²) in [5.74, 6) is 1.67. The maximum atomic E-state index is 12.8. The van der Waals surface area contributed by atoms with Gasteiger partial charge < -0.3 is 9.32 Å². The molecule has 0 radical (unpaired) electrons. The Labute approximate surface area is 167 Å². The molecule has 3 aromatic rings. The number of carbonyl (C=O) groups is 1. The van der Waals surface area contributed by atoms with E-state index in [-0.39, 0.29) is 11.8 Å². The Hall–Kier alpha value is -2.18. The van der Waals surface area contributed by atoms with Gasteiger partial charge in [0.2, 0.25) is 0 Å². The average Bonchev–Trinajstić information content (AvgIpc) is 3.32. The van der Waals surface area contributed by atoms with Gasteiger partial charge in [-0.25, -0.2) is 9.97 Å². The summed E-state index contributed by atoms with van der Waals surface area (Å²) in [6, 6.07) is 7.74. The highest BCUT2D eigenvalue weighted by Gasteiger charge is 2.29. The lowest BCUT2D eigenvalue weighted by Crippen LogP contribution is -2.39. The molecular weight excluding hydrogens is 382 g/mol. The molecule has 5 nitrogen and oxygen atoms in total. The molecule has 1 unspecified atom stereocenters. The Kier molecular flexibility index (Phi) is 5.27. The number of amides is 1. The van der Waals surface area contributed by atoms with Crippen molar-refractivity contribution in [3.8, 4) is 0 Å². The number of thiazole rings is 1. The lowest BCUT2D eigenvalue weighted by Gasteiger charge is -2.31. The minimum Gasteiger partial charge on any atom is -0.445 e. The third-order valence-electron chi connectivity index (χ3n) is 4.89. The van der Waals surface area contributed by atoms with Crippen LogP contribution >= 0.6 is 22.9 Å². The van der Waals surface area contributed by atoms with Gasteiger partial charge in [-0.1, -0.05) is 29.8 Å². The number of benzene rings is 1. The van der Waals surface area contributed by atoms with Gasteiger partial charge in [0.1, 0.15) is 10.6 Å². The van der Waals surface area contributed by atoms with E-state index in [1.165, 1.54) is 11.3 Å². The van der Waals surface area contributed by atoms with Crippen molar-refractivity contribution in [1.82, 2.24) is 14.9 Å². The molecule has 3 heterocycles. The number of hydrogen-bond acceptors (Lipinski definition) is 5. The minimum atomic E-state index is 0.0579. The number of piperidine rings is 1. The summed E-state index contributed by atoms with van der Waals surface area (Å²) < 4.78 is 6.01. The quantitative estimate of drug-likeness (QED) is 0.635. The Bertz CT molecular complexity index is 952. The number of oxazole rings is 1. The van der Waals surface area contributed by atoms with Crippen molar-refractivity contribution in [1.29, 1.82) is 0 Å². The lowest BCUT2D eigenvalue weighted by atomic mass is 9.98. The maximum Gasteiger partial charge on any atom is 0.265 e. The van der Waals surface area contributed by atoms with E-state index in [1.54, 1.807) is 11.7 Å². The number of carbonyl (C=O) groups excluding carboxylic acids is 1. The molecule has 0 saturated carbocycles. The number of likely N-dealkylation sites (tertiary alicyclic amines) is 1. The second kappa shape index (κ2) is 7.82. The smallest absolute Gasteiger partial charge is 0.265 e. The predicted octanol–water partition coefficient (Wildman–Crippen LogP) is 4.70. The molecule has 140 valence electrons. The van der Waals surface area contributed by atoms with E-state index in [0.717, 1.165) is 46.3 Å². The molecule has 1 fully saturated rings. The summed E-state index contributed by atoms with van der Waals surface area (Å²) in [5, 5.41) is 0.727. The summed E-state index contributed by atoms with van der Waals surface area (Å²) in [5.41, 5.74) is 3.53. The molecule has 1 saturated heterocycles. The Morgan fingerprint density at radius 3 is 3.00 bits per heavy atom. The van der Waals surface area contributed by atoms with E-state index in [2.05, 4.69) is 9.97 Å². The molecule has 0 bridgehead atoms. The molecule has 1 aliphatic heterocycles. The number of halogens is 1. The Morgan fingerprint density at radius 1 is 1.37 bits per heavy atom. The first-order valence-corrected chi connectivity index (χ1v) is 10.2. The van der Waals surface area contributed by atoms with E-state index in [0.29, 0.717) is 18.9 Å². The van der Waals surface area contributed by atoms with E-state index < -0.39 is 0 Å². The summed E-state index contributed by atoms with van der Waals surface area (Å²) >= 11 is 7.64. The molecule has 1 aromatic carbocycles. The Morgan fingerprint density at radius 2 is 2.22 bits per heavy atom. The summed E-state index contributed by atoms with van der Waals surface area (Å²) in [7, 11) is 0. The summed E-state index contributed by atoms with van der Waals surface area (Å²) in [6.07, 6.45) is 4.29. The standard InChI is InChI=1S/C20H20ClN3O2S/c1-13-18(27-12-23-13)20(25)24-8-4-6-15(11-24)19-22-10-16(26-19)9-14-5-2-3-7-17(14)21/h2-3,5,7,10,12,15H,4,6,8-9,11H2,1H3. The van der Waals surface area contributed by atoms with Crippen LogP contribution in [0.25, 0.3) is 0 Å². The Balaban J connectivity index is 1.46. The van der Waals surface area contributed by atoms with Crippen molar-refractivity contribution in [2.24, 2.45) is 0 Å². The van der Waals surface area contributed by atoms with Crippen molar-refractivity contribution in [2.75, 3.05) is 13.1 Å². The molecule has 1 aliphatic rings. The number of aromatic nitrogens is 2.